The van der Waals surface area contributed by atoms with E-state index in [2.05, 4.69) is 214 Å². The van der Waals surface area contributed by atoms with Gasteiger partial charge in [-0.25, -0.2) is 15.0 Å². The topological polar surface area (TPSA) is 155 Å². The zero-order valence-corrected chi connectivity index (χ0v) is 85.9. The quantitative estimate of drug-likeness (QED) is 0.107. The van der Waals surface area contributed by atoms with Crippen molar-refractivity contribution in [2.24, 2.45) is 0 Å². The summed E-state index contributed by atoms with van der Waals surface area (Å²) in [4.78, 5) is 40.4. The number of aromatic nitrogens is 9. The molecule has 0 unspecified atom stereocenters. The number of nitrogens with zero attached hydrogens (tertiary/aromatic N) is 9. The Morgan fingerprint density at radius 3 is 0.900 bits per heavy atom. The zero-order chi connectivity index (χ0) is 101. The Balaban J connectivity index is 0.000000132. The molecule has 140 heavy (non-hydrogen) atoms. The molecule has 15 heteroatoms. The summed E-state index contributed by atoms with van der Waals surface area (Å²) in [5.41, 5.74) is 25.1. The number of benzene rings is 9. The Morgan fingerprint density at radius 1 is 0.286 bits per heavy atom. The Morgan fingerprint density at radius 2 is 0.607 bits per heavy atom. The molecule has 0 bridgehead atoms. The second-order valence-electron chi connectivity index (χ2n) is 36.3. The first kappa shape index (κ1) is 88.1. The summed E-state index contributed by atoms with van der Waals surface area (Å²) in [6.45, 7) is 8.74. The van der Waals surface area contributed by atoms with Crippen molar-refractivity contribution < 1.29 is 85.9 Å². The minimum absolute atomic E-state index is 0. The van der Waals surface area contributed by atoms with E-state index in [1.807, 2.05) is 191 Å². The minimum atomic E-state index is -2.09. The van der Waals surface area contributed by atoms with Gasteiger partial charge in [0.25, 0.3) is 0 Å². The van der Waals surface area contributed by atoms with Gasteiger partial charge < -0.3 is 43.2 Å². The van der Waals surface area contributed by atoms with E-state index in [4.69, 9.17) is 36.4 Å². The number of furan rings is 3. The van der Waals surface area contributed by atoms with Crippen LogP contribution in [0.3, 0.4) is 0 Å². The molecule has 0 spiro atoms. The van der Waals surface area contributed by atoms with Crippen LogP contribution in [0.15, 0.2) is 366 Å². The molecule has 9 aromatic carbocycles. The maximum absolute atomic E-state index is 9.23. The first-order chi connectivity index (χ1) is 70.5. The van der Waals surface area contributed by atoms with Crippen LogP contribution in [-0.4, -0.2) is 44.9 Å². The third kappa shape index (κ3) is 23.0. The van der Waals surface area contributed by atoms with Crippen LogP contribution < -0.4 is 0 Å². The van der Waals surface area contributed by atoms with Gasteiger partial charge in [0.1, 0.15) is 0 Å². The van der Waals surface area contributed by atoms with Crippen LogP contribution in [0.1, 0.15) is 189 Å². The molecule has 3 radical (unpaired) electrons. The van der Waals surface area contributed by atoms with Crippen molar-refractivity contribution >= 4 is 66.2 Å². The minimum Gasteiger partial charge on any atom is -0.486 e. The summed E-state index contributed by atoms with van der Waals surface area (Å²) in [6, 6.07) is 122. The largest absolute Gasteiger partial charge is 0.486 e. The fourth-order valence-corrected chi connectivity index (χ4v) is 18.8. The van der Waals surface area contributed by atoms with E-state index in [0.717, 1.165) is 227 Å². The van der Waals surface area contributed by atoms with Crippen molar-refractivity contribution in [3.8, 4) is 67.5 Å². The first-order valence-electron chi connectivity index (χ1n) is 51.4. The van der Waals surface area contributed by atoms with E-state index in [9.17, 15) is 4.11 Å². The van der Waals surface area contributed by atoms with E-state index in [-0.39, 0.29) is 82.1 Å². The maximum atomic E-state index is 9.23. The van der Waals surface area contributed by atoms with E-state index in [1.165, 1.54) is 29.0 Å². The molecule has 0 saturated heterocycles. The predicted octanol–water partition coefficient (Wildman–Crippen LogP) is 31.6. The third-order valence-corrected chi connectivity index (χ3v) is 27.0. The summed E-state index contributed by atoms with van der Waals surface area (Å²) >= 11 is 0. The van der Waals surface area contributed by atoms with Gasteiger partial charge in [-0.2, -0.15) is 0 Å². The SMILES string of the molecule is [2H]C([2H])([2H])c1c[c-]c(-c2ccccn2)cc1.[2H]C([2H])([2H])c1ccc(-c2[c-]cccc2)nc1.[2H]C1(c2ccc(-c3[c-]ccc4c3oc3nc(C)ccc34)nc2)CCC(C)(c2ccccc2)CC1.[2H]C1(c2ccc(-c3[c-]ccc4c3oc3nc(C)ccc34)nc2)CCC(C)(c2ccccc2)CC1.[2H]C1(c2ccc(-c3[c-]ccc4c3oc3nc(C)ccc34)nc2)CCC(C)(c2ccccc2)CC1.[Ir].[Ir].[Ir].[c-]1ccccc1-c1ccccn1. The molecule has 12 aromatic heterocycles. The second kappa shape index (κ2) is 45.7. The predicted molar refractivity (Wildman–Crippen MR) is 555 cm³/mol. The summed E-state index contributed by atoms with van der Waals surface area (Å²) in [5.74, 6) is -1.80. The maximum Gasteiger partial charge on any atom is 0.216 e. The number of hydrogen-bond acceptors (Lipinski definition) is 12. The molecule has 3 saturated carbocycles. The van der Waals surface area contributed by atoms with E-state index >= 15 is 0 Å². The van der Waals surface area contributed by atoms with Crippen LogP contribution in [-0.2, 0) is 76.6 Å². The van der Waals surface area contributed by atoms with Gasteiger partial charge in [-0.3, -0.25) is 0 Å². The molecule has 0 N–H and O–H groups in total. The molecule has 12 heterocycles. The average Bonchev–Trinajstić information content (AvgIpc) is 1.69. The average molecular weight is 2370 g/mol. The number of pyridine rings is 9. The molecule has 12 nitrogen and oxygen atoms in total. The summed E-state index contributed by atoms with van der Waals surface area (Å²) in [6.07, 6.45) is 21.5. The van der Waals surface area contributed by atoms with E-state index in [1.54, 1.807) is 42.7 Å². The summed E-state index contributed by atoms with van der Waals surface area (Å²) in [7, 11) is 0. The van der Waals surface area contributed by atoms with Crippen molar-refractivity contribution in [3.05, 3.63) is 451 Å². The van der Waals surface area contributed by atoms with Crippen LogP contribution in [0.5, 0.6) is 0 Å². The van der Waals surface area contributed by atoms with Crippen molar-refractivity contribution in [2.75, 3.05) is 0 Å². The molecule has 21 aromatic rings. The van der Waals surface area contributed by atoms with Crippen molar-refractivity contribution in [2.45, 2.75) is 166 Å². The molecule has 0 amide bonds. The van der Waals surface area contributed by atoms with Crippen molar-refractivity contribution in [1.82, 2.24) is 44.9 Å². The smallest absolute Gasteiger partial charge is 0.216 e. The fourth-order valence-electron chi connectivity index (χ4n) is 18.8. The van der Waals surface area contributed by atoms with Crippen LogP contribution in [0, 0.1) is 70.9 Å². The van der Waals surface area contributed by atoms with Gasteiger partial charge in [0, 0.05) is 143 Å². The number of aryl methyl sites for hydroxylation is 5. The van der Waals surface area contributed by atoms with Gasteiger partial charge in [-0.1, -0.05) is 224 Å². The molecule has 3 aliphatic rings. The zero-order valence-electron chi connectivity index (χ0n) is 87.7. The Hall–Kier alpha value is -13.3. The number of hydrogen-bond donors (Lipinski definition) is 0. The molecule has 0 aliphatic heterocycles. The number of rotatable bonds is 12. The van der Waals surface area contributed by atoms with Crippen LogP contribution in [0.25, 0.3) is 134 Å². The Kier molecular flexibility index (Phi) is 28.8. The van der Waals surface area contributed by atoms with Gasteiger partial charge in [-0.05, 0) is 260 Å². The van der Waals surface area contributed by atoms with Gasteiger partial charge >= 0.3 is 0 Å². The van der Waals surface area contributed by atoms with Crippen LogP contribution in [0.2, 0.25) is 0 Å². The molecule has 3 aliphatic carbocycles. The molecule has 705 valence electrons. The van der Waals surface area contributed by atoms with E-state index < -0.39 is 31.4 Å². The van der Waals surface area contributed by atoms with Crippen LogP contribution in [0.4, 0.5) is 0 Å². The van der Waals surface area contributed by atoms with Gasteiger partial charge in [0.2, 0.25) is 17.1 Å². The van der Waals surface area contributed by atoms with E-state index in [0.29, 0.717) is 22.7 Å². The molecule has 0 atom stereocenters. The Bertz CT molecular complexity index is 7370. The molecule has 24 rings (SSSR count). The second-order valence-corrected chi connectivity index (χ2v) is 36.3. The molecular weight excluding hydrogens is 2250 g/mol. The van der Waals surface area contributed by atoms with Crippen molar-refractivity contribution in [1.29, 1.82) is 0 Å². The monoisotopic (exact) mass is 2370 g/mol. The first-order valence-corrected chi connectivity index (χ1v) is 46.9. The molecule has 3 fully saturated rings. The van der Waals surface area contributed by atoms with Gasteiger partial charge in [0.15, 0.2) is 0 Å². The standard InChI is InChI=1S/3C30H27N2O.2C12H10N.C11H8N.3Ir/c3*1-20-11-13-25-24-9-6-10-26(28(24)33-29(25)32-20)27-14-12-22(19-31-27)21-15-17-30(2,18-16-21)23-7-4-3-5-8-23;1-10-5-7-11(8-6-10)12-4-2-3-9-13-12;1-10-7-8-12(13-9-10)11-5-3-2-4-6-11;1-2-6-10(7-3-1)11-8-4-5-9-12-11;;;/h3*3-9,11-14,19,21H,15-18H2,1-2H3;2-7,9H,1H3;2-5,7-9H,1H3;1-6,8-9H;;;/q6*-1;;;/i3*21D;2*1D3;;;;. The van der Waals surface area contributed by atoms with Gasteiger partial charge in [0.05, 0.1) is 16.7 Å². The summed E-state index contributed by atoms with van der Waals surface area (Å²) < 4.78 is 89.5. The van der Waals surface area contributed by atoms with Crippen LogP contribution >= 0.6 is 0 Å². The van der Waals surface area contributed by atoms with Gasteiger partial charge in [-0.15, -0.1) is 162 Å². The van der Waals surface area contributed by atoms with Crippen molar-refractivity contribution in [3.63, 3.8) is 0 Å². The number of fused-ring (bicyclic) bond motifs is 9. The molecular formula is C125H109Ir3N9O3-6. The third-order valence-electron chi connectivity index (χ3n) is 27.0. The fraction of sp³-hybridized carbons (Fsp3) is 0.208. The normalized spacial score (nSPS) is 20.2. The Labute approximate surface area is 874 Å². The summed E-state index contributed by atoms with van der Waals surface area (Å²) in [5, 5.41) is 6.06.